The van der Waals surface area contributed by atoms with Gasteiger partial charge in [-0.1, -0.05) is 84.9 Å². The fourth-order valence-corrected chi connectivity index (χ4v) is 6.97. The van der Waals surface area contributed by atoms with Gasteiger partial charge in [0.25, 0.3) is 0 Å². The van der Waals surface area contributed by atoms with Crippen LogP contribution in [0.4, 0.5) is 4.79 Å². The predicted molar refractivity (Wildman–Crippen MR) is 189 cm³/mol. The van der Waals surface area contributed by atoms with Crippen molar-refractivity contribution < 1.29 is 32.2 Å². The third-order valence-electron chi connectivity index (χ3n) is 8.80. The minimum absolute atomic E-state index is 0.0610. The van der Waals surface area contributed by atoms with Crippen LogP contribution in [0.5, 0.6) is 5.75 Å². The maximum atomic E-state index is 14.2. The Morgan fingerprint density at radius 2 is 1.49 bits per heavy atom. The fraction of sp³-hybridized carbons (Fsp3) is 0.333. The first-order valence-electron chi connectivity index (χ1n) is 16.5. The molecule has 0 bridgehead atoms. The average Bonchev–Trinajstić information content (AvgIpc) is 3.11. The maximum Gasteiger partial charge on any atom is 0.407 e. The van der Waals surface area contributed by atoms with Gasteiger partial charge < -0.3 is 24.8 Å². The Hall–Kier alpha value is -4.51. The van der Waals surface area contributed by atoms with Gasteiger partial charge >= 0.3 is 6.09 Å². The highest BCUT2D eigenvalue weighted by atomic mass is 32.2. The summed E-state index contributed by atoms with van der Waals surface area (Å²) in [5.41, 5.74) is 4.53. The molecule has 1 heterocycles. The number of Topliss-reactive ketones (excluding diaryl/α,β-unsaturated/α-hetero) is 1. The molecule has 0 saturated carbocycles. The molecule has 0 unspecified atom stereocenters. The molecule has 1 aliphatic heterocycles. The number of methoxy groups -OCH3 is 1. The second-order valence-corrected chi connectivity index (χ2v) is 14.4. The summed E-state index contributed by atoms with van der Waals surface area (Å²) in [5, 5.41) is 6.29. The Kier molecular flexibility index (Phi) is 12.2. The molecule has 1 saturated heterocycles. The number of rotatable bonds is 14. The zero-order chi connectivity index (χ0) is 34.8. The minimum atomic E-state index is -3.29. The summed E-state index contributed by atoms with van der Waals surface area (Å²) in [6.45, 7) is 3.49. The topological polar surface area (TPSA) is 120 Å². The van der Waals surface area contributed by atoms with Crippen molar-refractivity contribution in [3.63, 3.8) is 0 Å². The van der Waals surface area contributed by atoms with E-state index in [2.05, 4.69) is 10.6 Å². The van der Waals surface area contributed by atoms with E-state index in [1.54, 1.807) is 18.2 Å². The van der Waals surface area contributed by atoms with Crippen LogP contribution in [0.15, 0.2) is 108 Å². The molecule has 0 radical (unpaired) electrons. The quantitative estimate of drug-likeness (QED) is 0.180. The summed E-state index contributed by atoms with van der Waals surface area (Å²) in [7, 11) is -2.00. The molecule has 49 heavy (non-hydrogen) atoms. The molecule has 3 atom stereocenters. The van der Waals surface area contributed by atoms with E-state index in [1.807, 2.05) is 91.9 Å². The number of sulfone groups is 1. The zero-order valence-corrected chi connectivity index (χ0v) is 28.9. The van der Waals surface area contributed by atoms with E-state index >= 15 is 0 Å². The Bertz CT molecular complexity index is 1780. The van der Waals surface area contributed by atoms with E-state index in [9.17, 15) is 18.0 Å². The largest absolute Gasteiger partial charge is 0.491 e. The summed E-state index contributed by atoms with van der Waals surface area (Å²) in [5.74, 6) is 0.0881. The normalized spacial score (nSPS) is 16.9. The molecule has 1 aliphatic rings. The molecule has 10 heteroatoms. The van der Waals surface area contributed by atoms with Crippen molar-refractivity contribution in [1.29, 1.82) is 0 Å². The smallest absolute Gasteiger partial charge is 0.407 e. The molecule has 0 spiro atoms. The Labute approximate surface area is 288 Å². The fourth-order valence-electron chi connectivity index (χ4n) is 6.26. The highest BCUT2D eigenvalue weighted by molar-refractivity contribution is 7.90. The van der Waals surface area contributed by atoms with Gasteiger partial charge in [-0.2, -0.15) is 0 Å². The van der Waals surface area contributed by atoms with Crippen molar-refractivity contribution in [3.8, 4) is 5.75 Å². The third-order valence-corrected chi connectivity index (χ3v) is 9.91. The summed E-state index contributed by atoms with van der Waals surface area (Å²) < 4.78 is 41.1. The van der Waals surface area contributed by atoms with E-state index in [1.165, 1.54) is 13.4 Å². The monoisotopic (exact) mass is 684 g/mol. The summed E-state index contributed by atoms with van der Waals surface area (Å²) in [4.78, 5) is 27.0. The summed E-state index contributed by atoms with van der Waals surface area (Å²) in [6, 6.07) is 31.4. The maximum absolute atomic E-state index is 14.2. The highest BCUT2D eigenvalue weighted by Gasteiger charge is 2.33. The van der Waals surface area contributed by atoms with Crippen LogP contribution in [0.3, 0.4) is 0 Å². The number of benzene rings is 4. The molecule has 2 N–H and O–H groups in total. The second kappa shape index (κ2) is 16.7. The Balaban J connectivity index is 1.25. The van der Waals surface area contributed by atoms with Crippen LogP contribution in [0.25, 0.3) is 0 Å². The van der Waals surface area contributed by atoms with Gasteiger partial charge in [0.05, 0.1) is 18.1 Å². The van der Waals surface area contributed by atoms with Crippen molar-refractivity contribution in [2.24, 2.45) is 0 Å². The molecule has 9 nitrogen and oxygen atoms in total. The van der Waals surface area contributed by atoms with Gasteiger partial charge in [0.1, 0.15) is 24.5 Å². The predicted octanol–water partition coefficient (Wildman–Crippen LogP) is 5.44. The van der Waals surface area contributed by atoms with Crippen molar-refractivity contribution in [2.45, 2.75) is 55.2 Å². The van der Waals surface area contributed by atoms with Gasteiger partial charge in [-0.3, -0.25) is 4.79 Å². The van der Waals surface area contributed by atoms with Crippen LogP contribution < -0.4 is 15.4 Å². The molecule has 4 aromatic carbocycles. The van der Waals surface area contributed by atoms with E-state index in [0.717, 1.165) is 34.2 Å². The number of carbonyl (C=O) groups excluding carboxylic acids is 2. The number of ether oxygens (including phenoxy) is 3. The second-order valence-electron chi connectivity index (χ2n) is 12.4. The summed E-state index contributed by atoms with van der Waals surface area (Å²) >= 11 is 0. The van der Waals surface area contributed by atoms with Gasteiger partial charge in [0, 0.05) is 31.7 Å². The Morgan fingerprint density at radius 1 is 0.878 bits per heavy atom. The standard InChI is InChI=1S/C39H44N2O7S/c1-27-22-34(49(3,44)45)20-21-36(27)47-26-33-25-40-24-32(48-33)19-18-28-12-10-11-17-31(28)23-35(42)38(41-39(43)46-2)37(29-13-6-4-7-14-29)30-15-8-5-9-16-30/h4-17,20-22,32-33,37-38,40H,18-19,23-26H2,1-3H3,(H,41,43)/t32-,33+,38-/m1/s1. The number of aryl methyl sites for hydroxylation is 2. The van der Waals surface area contributed by atoms with Gasteiger partial charge in [0.2, 0.25) is 0 Å². The van der Waals surface area contributed by atoms with Crippen molar-refractivity contribution in [3.05, 3.63) is 131 Å². The van der Waals surface area contributed by atoms with E-state index in [4.69, 9.17) is 14.2 Å². The molecule has 1 fully saturated rings. The van der Waals surface area contributed by atoms with Crippen LogP contribution in [0, 0.1) is 6.92 Å². The number of nitrogens with one attached hydrogen (secondary N) is 2. The first kappa shape index (κ1) is 35.8. The minimum Gasteiger partial charge on any atom is -0.491 e. The first-order valence-corrected chi connectivity index (χ1v) is 18.3. The molecule has 0 aromatic heterocycles. The van der Waals surface area contributed by atoms with Crippen molar-refractivity contribution in [1.82, 2.24) is 10.6 Å². The van der Waals surface area contributed by atoms with Crippen molar-refractivity contribution in [2.75, 3.05) is 33.1 Å². The number of carbonyl (C=O) groups is 2. The summed E-state index contributed by atoms with van der Waals surface area (Å²) in [6.07, 6.45) is 1.86. The van der Waals surface area contributed by atoms with E-state index in [-0.39, 0.29) is 29.3 Å². The highest BCUT2D eigenvalue weighted by Crippen LogP contribution is 2.30. The Morgan fingerprint density at radius 3 is 2.10 bits per heavy atom. The SMILES string of the molecule is COC(=O)N[C@H](C(=O)Cc1ccccc1CC[C@@H]1CNC[C@@H](COc2ccc(S(C)(=O)=O)cc2C)O1)C(c1ccccc1)c1ccccc1. The number of hydrogen-bond acceptors (Lipinski definition) is 8. The van der Waals surface area contributed by atoms with E-state index in [0.29, 0.717) is 31.9 Å². The van der Waals surface area contributed by atoms with E-state index < -0.39 is 27.9 Å². The van der Waals surface area contributed by atoms with Crippen LogP contribution >= 0.6 is 0 Å². The number of amides is 1. The van der Waals surface area contributed by atoms with Gasteiger partial charge in [0.15, 0.2) is 15.6 Å². The number of hydrogen-bond donors (Lipinski definition) is 2. The molecule has 1 amide bonds. The zero-order valence-electron chi connectivity index (χ0n) is 28.1. The van der Waals surface area contributed by atoms with Crippen molar-refractivity contribution >= 4 is 21.7 Å². The molecule has 5 rings (SSSR count). The van der Waals surface area contributed by atoms with Gasteiger partial charge in [-0.25, -0.2) is 13.2 Å². The lowest BCUT2D eigenvalue weighted by Crippen LogP contribution is -2.47. The molecule has 258 valence electrons. The van der Waals surface area contributed by atoms with Crippen LogP contribution in [0.1, 0.15) is 40.2 Å². The molecule has 4 aromatic rings. The van der Waals surface area contributed by atoms with Gasteiger partial charge in [-0.05, 0) is 65.8 Å². The number of ketones is 1. The third kappa shape index (κ3) is 9.78. The number of alkyl carbamates (subject to hydrolysis) is 1. The number of morpholine rings is 1. The lowest BCUT2D eigenvalue weighted by atomic mass is 9.81. The van der Waals surface area contributed by atoms with Gasteiger partial charge in [-0.15, -0.1) is 0 Å². The lowest BCUT2D eigenvalue weighted by molar-refractivity contribution is -0.120. The molecular weight excluding hydrogens is 641 g/mol. The molecule has 0 aliphatic carbocycles. The van der Waals surface area contributed by atoms with Crippen LogP contribution in [-0.2, 0) is 36.9 Å². The molecular formula is C39H44N2O7S. The average molecular weight is 685 g/mol. The lowest BCUT2D eigenvalue weighted by Gasteiger charge is -2.31. The first-order chi connectivity index (χ1) is 23.6. The van der Waals surface area contributed by atoms with Crippen LogP contribution in [0.2, 0.25) is 0 Å². The van der Waals surface area contributed by atoms with Crippen LogP contribution in [-0.4, -0.2) is 71.6 Å².